The van der Waals surface area contributed by atoms with Gasteiger partial charge in [-0.25, -0.2) is 0 Å². The minimum Gasteiger partial charge on any atom is -0.369 e. The summed E-state index contributed by atoms with van der Waals surface area (Å²) < 4.78 is 31.9. The molecule has 1 aliphatic rings. The highest BCUT2D eigenvalue weighted by atomic mass is 79.9. The van der Waals surface area contributed by atoms with E-state index in [1.54, 1.807) is 19.2 Å². The average molecular weight is 363 g/mol. The van der Waals surface area contributed by atoms with Crippen molar-refractivity contribution in [3.05, 3.63) is 22.4 Å². The van der Waals surface area contributed by atoms with Crippen molar-refractivity contribution in [3.63, 3.8) is 0 Å². The van der Waals surface area contributed by atoms with Crippen LogP contribution < -0.4 is 4.18 Å². The van der Waals surface area contributed by atoms with E-state index in [0.29, 0.717) is 23.3 Å². The van der Waals surface area contributed by atoms with Gasteiger partial charge in [0, 0.05) is 23.8 Å². The highest BCUT2D eigenvalue weighted by Gasteiger charge is 2.33. The van der Waals surface area contributed by atoms with E-state index in [2.05, 4.69) is 34.8 Å². The Hall–Kier alpha value is -0.660. The maximum Gasteiger partial charge on any atom is 0.385 e. The third-order valence-electron chi connectivity index (χ3n) is 3.59. The van der Waals surface area contributed by atoms with Crippen molar-refractivity contribution >= 4 is 26.2 Å². The molecule has 0 N–H and O–H groups in total. The van der Waals surface area contributed by atoms with E-state index in [-0.39, 0.29) is 11.2 Å². The second kappa shape index (κ2) is 5.61. The summed E-state index contributed by atoms with van der Waals surface area (Å²) in [6.45, 7) is 7.02. The minimum absolute atomic E-state index is 0.194. The van der Waals surface area contributed by atoms with Crippen molar-refractivity contribution in [2.45, 2.75) is 33.6 Å². The predicted octanol–water partition coefficient (Wildman–Crippen LogP) is 2.90. The van der Waals surface area contributed by atoms with Gasteiger partial charge >= 0.3 is 10.3 Å². The lowest BCUT2D eigenvalue weighted by Gasteiger charge is -2.35. The zero-order chi connectivity index (χ0) is 15.0. The fraction of sp³-hybridized carbons (Fsp3) is 0.615. The van der Waals surface area contributed by atoms with Gasteiger partial charge in [-0.3, -0.25) is 4.98 Å². The molecule has 1 aliphatic heterocycles. The summed E-state index contributed by atoms with van der Waals surface area (Å²) in [5.74, 6) is 0.268. The number of hydrogen-bond acceptors (Lipinski definition) is 4. The van der Waals surface area contributed by atoms with Gasteiger partial charge in [0.05, 0.1) is 5.69 Å². The largest absolute Gasteiger partial charge is 0.385 e. The van der Waals surface area contributed by atoms with Crippen LogP contribution in [0.3, 0.4) is 0 Å². The van der Waals surface area contributed by atoms with Gasteiger partial charge in [-0.05, 0) is 47.2 Å². The van der Waals surface area contributed by atoms with Crippen LogP contribution >= 0.6 is 15.9 Å². The van der Waals surface area contributed by atoms with Gasteiger partial charge in [-0.2, -0.15) is 12.7 Å². The quantitative estimate of drug-likeness (QED) is 0.829. The maximum absolute atomic E-state index is 12.3. The Kier molecular flexibility index (Phi) is 4.41. The molecule has 0 spiro atoms. The fourth-order valence-electron chi connectivity index (χ4n) is 2.05. The summed E-state index contributed by atoms with van der Waals surface area (Å²) in [5.41, 5.74) is 0.744. The molecule has 0 unspecified atom stereocenters. The zero-order valence-electron chi connectivity index (χ0n) is 11.9. The number of aryl methyl sites for hydroxylation is 1. The molecule has 20 heavy (non-hydrogen) atoms. The molecule has 1 aromatic rings. The van der Waals surface area contributed by atoms with Gasteiger partial charge in [-0.15, -0.1) is 0 Å². The lowest BCUT2D eigenvalue weighted by atomic mass is 9.83. The number of pyridine rings is 1. The molecule has 0 amide bonds. The molecule has 0 radical (unpaired) electrons. The first-order valence-corrected chi connectivity index (χ1v) is 8.67. The van der Waals surface area contributed by atoms with Crippen LogP contribution in [0.25, 0.3) is 0 Å². The standard InChI is InChI=1S/C13H19BrN2O3S/c1-10-12(8-11(14)9-15-10)19-20(17,18)16-6-4-13(2,3)5-7-16/h8-9H,4-7H2,1-3H3. The highest BCUT2D eigenvalue weighted by Crippen LogP contribution is 2.32. The molecule has 0 saturated carbocycles. The minimum atomic E-state index is -3.75. The van der Waals surface area contributed by atoms with E-state index in [0.717, 1.165) is 12.8 Å². The fourth-order valence-corrected chi connectivity index (χ4v) is 3.50. The summed E-state index contributed by atoms with van der Waals surface area (Å²) in [5, 5.41) is 0. The SMILES string of the molecule is Cc1ncc(Br)cc1OS(=O)(=O)N1CCC(C)(C)CC1. The van der Waals surface area contributed by atoms with Crippen molar-refractivity contribution in [1.82, 2.24) is 9.29 Å². The molecule has 1 aromatic heterocycles. The monoisotopic (exact) mass is 362 g/mol. The van der Waals surface area contributed by atoms with Crippen molar-refractivity contribution in [3.8, 4) is 5.75 Å². The van der Waals surface area contributed by atoms with Crippen LogP contribution in [-0.2, 0) is 10.3 Å². The molecule has 1 saturated heterocycles. The normalized spacial score (nSPS) is 19.8. The lowest BCUT2D eigenvalue weighted by molar-refractivity contribution is 0.187. The van der Waals surface area contributed by atoms with Crippen LogP contribution in [0.2, 0.25) is 0 Å². The molecule has 2 rings (SSSR count). The van der Waals surface area contributed by atoms with E-state index in [1.807, 2.05) is 0 Å². The Balaban J connectivity index is 2.14. The second-order valence-electron chi connectivity index (χ2n) is 5.84. The molecule has 112 valence electrons. The van der Waals surface area contributed by atoms with E-state index in [9.17, 15) is 8.42 Å². The Labute approximate surface area is 128 Å². The Morgan fingerprint density at radius 2 is 1.95 bits per heavy atom. The number of halogens is 1. The van der Waals surface area contributed by atoms with Gasteiger partial charge in [0.1, 0.15) is 0 Å². The van der Waals surface area contributed by atoms with Gasteiger partial charge in [-0.1, -0.05) is 13.8 Å². The molecule has 0 aliphatic carbocycles. The van der Waals surface area contributed by atoms with Gasteiger partial charge < -0.3 is 4.18 Å². The molecule has 2 heterocycles. The molecule has 7 heteroatoms. The smallest absolute Gasteiger partial charge is 0.369 e. The van der Waals surface area contributed by atoms with E-state index in [1.165, 1.54) is 4.31 Å². The van der Waals surface area contributed by atoms with Gasteiger partial charge in [0.15, 0.2) is 5.75 Å². The zero-order valence-corrected chi connectivity index (χ0v) is 14.3. The topological polar surface area (TPSA) is 59.5 Å². The summed E-state index contributed by atoms with van der Waals surface area (Å²) in [4.78, 5) is 4.08. The van der Waals surface area contributed by atoms with Crippen LogP contribution in [0.15, 0.2) is 16.7 Å². The van der Waals surface area contributed by atoms with Gasteiger partial charge in [0.25, 0.3) is 0 Å². The summed E-state index contributed by atoms with van der Waals surface area (Å²) in [6.07, 6.45) is 3.29. The van der Waals surface area contributed by atoms with E-state index >= 15 is 0 Å². The van der Waals surface area contributed by atoms with Crippen molar-refractivity contribution < 1.29 is 12.6 Å². The first-order chi connectivity index (χ1) is 9.20. The summed E-state index contributed by atoms with van der Waals surface area (Å²) >= 11 is 3.26. The van der Waals surface area contributed by atoms with Crippen LogP contribution in [-0.4, -0.2) is 30.8 Å². The van der Waals surface area contributed by atoms with Crippen LogP contribution in [0.1, 0.15) is 32.4 Å². The first kappa shape index (κ1) is 15.7. The van der Waals surface area contributed by atoms with E-state index < -0.39 is 10.3 Å². The Morgan fingerprint density at radius 1 is 1.35 bits per heavy atom. The molecular weight excluding hydrogens is 344 g/mol. The molecular formula is C13H19BrN2O3S. The number of rotatable bonds is 3. The van der Waals surface area contributed by atoms with Crippen LogP contribution in [0, 0.1) is 12.3 Å². The highest BCUT2D eigenvalue weighted by molar-refractivity contribution is 9.10. The van der Waals surface area contributed by atoms with E-state index in [4.69, 9.17) is 4.18 Å². The number of piperidine rings is 1. The molecule has 0 atom stereocenters. The lowest BCUT2D eigenvalue weighted by Crippen LogP contribution is -2.43. The molecule has 0 aromatic carbocycles. The second-order valence-corrected chi connectivity index (χ2v) is 8.30. The van der Waals surface area contributed by atoms with Crippen LogP contribution in [0.5, 0.6) is 5.75 Å². The maximum atomic E-state index is 12.3. The van der Waals surface area contributed by atoms with Crippen LogP contribution in [0.4, 0.5) is 0 Å². The van der Waals surface area contributed by atoms with Crippen molar-refractivity contribution in [2.24, 2.45) is 5.41 Å². The number of nitrogens with zero attached hydrogens (tertiary/aromatic N) is 2. The molecule has 5 nitrogen and oxygen atoms in total. The first-order valence-electron chi connectivity index (χ1n) is 6.51. The molecule has 0 bridgehead atoms. The van der Waals surface area contributed by atoms with Gasteiger partial charge in [0.2, 0.25) is 0 Å². The summed E-state index contributed by atoms with van der Waals surface area (Å²) in [7, 11) is -3.75. The van der Waals surface area contributed by atoms with Crippen molar-refractivity contribution in [2.75, 3.05) is 13.1 Å². The number of hydrogen-bond donors (Lipinski definition) is 0. The summed E-state index contributed by atoms with van der Waals surface area (Å²) in [6, 6.07) is 1.62. The van der Waals surface area contributed by atoms with Crippen molar-refractivity contribution in [1.29, 1.82) is 0 Å². The third kappa shape index (κ3) is 3.71. The average Bonchev–Trinajstić information content (AvgIpc) is 2.33. The predicted molar refractivity (Wildman–Crippen MR) is 80.8 cm³/mol. The molecule has 1 fully saturated rings. The Bertz CT molecular complexity index is 592. The number of aromatic nitrogens is 1. The third-order valence-corrected chi connectivity index (χ3v) is 5.42. The Morgan fingerprint density at radius 3 is 2.55 bits per heavy atom.